The molecule has 0 bridgehead atoms. The molecule has 20 heavy (non-hydrogen) atoms. The number of nitrogens with zero attached hydrogens (tertiary/aromatic N) is 1. The van der Waals surface area contributed by atoms with Crippen molar-refractivity contribution in [2.24, 2.45) is 0 Å². The summed E-state index contributed by atoms with van der Waals surface area (Å²) in [6, 6.07) is 4.38. The lowest BCUT2D eigenvalue weighted by Gasteiger charge is -2.26. The molecular weight excluding hydrogens is 279 g/mol. The third-order valence-corrected chi connectivity index (χ3v) is 2.92. The van der Waals surface area contributed by atoms with Gasteiger partial charge in [-0.05, 0) is 38.5 Å². The number of halogens is 1. The van der Waals surface area contributed by atoms with E-state index in [9.17, 15) is 9.18 Å². The lowest BCUT2D eigenvalue weighted by Crippen LogP contribution is -2.38. The van der Waals surface area contributed by atoms with Gasteiger partial charge in [0, 0.05) is 5.69 Å². The van der Waals surface area contributed by atoms with E-state index >= 15 is 0 Å². The summed E-state index contributed by atoms with van der Waals surface area (Å²) in [5.74, 6) is -0.343. The fourth-order valence-corrected chi connectivity index (χ4v) is 2.15. The molecule has 6 heteroatoms. The maximum absolute atomic E-state index is 13.2. The molecule has 0 fully saturated rings. The normalized spacial score (nSPS) is 15.2. The molecule has 1 amide bonds. The van der Waals surface area contributed by atoms with Crippen molar-refractivity contribution in [3.05, 3.63) is 29.6 Å². The Bertz CT molecular complexity index is 555. The van der Waals surface area contributed by atoms with E-state index in [1.165, 1.54) is 17.0 Å². The molecule has 4 nitrogen and oxygen atoms in total. The van der Waals surface area contributed by atoms with Crippen molar-refractivity contribution in [3.63, 3.8) is 0 Å². The van der Waals surface area contributed by atoms with Crippen LogP contribution < -0.4 is 5.32 Å². The molecule has 1 aromatic carbocycles. The van der Waals surface area contributed by atoms with Crippen LogP contribution in [0.25, 0.3) is 0 Å². The highest BCUT2D eigenvalue weighted by Gasteiger charge is 2.26. The first kappa shape index (κ1) is 14.7. The second-order valence-electron chi connectivity index (χ2n) is 5.69. The predicted octanol–water partition coefficient (Wildman–Crippen LogP) is 3.32. The number of ether oxygens (including phenoxy) is 1. The Morgan fingerprint density at radius 3 is 2.75 bits per heavy atom. The van der Waals surface area contributed by atoms with E-state index in [0.717, 1.165) is 5.56 Å². The Morgan fingerprint density at radius 1 is 1.40 bits per heavy atom. The van der Waals surface area contributed by atoms with Gasteiger partial charge in [-0.1, -0.05) is 18.3 Å². The van der Waals surface area contributed by atoms with Gasteiger partial charge in [-0.25, -0.2) is 9.18 Å². The second kappa shape index (κ2) is 5.36. The maximum atomic E-state index is 13.2. The summed E-state index contributed by atoms with van der Waals surface area (Å²) in [4.78, 5) is 14.1. The van der Waals surface area contributed by atoms with Gasteiger partial charge < -0.3 is 10.1 Å². The van der Waals surface area contributed by atoms with E-state index in [0.29, 0.717) is 17.2 Å². The summed E-state index contributed by atoms with van der Waals surface area (Å²) in [5.41, 5.74) is 0.836. The highest BCUT2D eigenvalue weighted by atomic mass is 32.1. The average molecular weight is 296 g/mol. The maximum Gasteiger partial charge on any atom is 0.410 e. The van der Waals surface area contributed by atoms with Crippen molar-refractivity contribution in [1.29, 1.82) is 0 Å². The van der Waals surface area contributed by atoms with Crippen LogP contribution in [0.3, 0.4) is 0 Å². The first-order valence-corrected chi connectivity index (χ1v) is 6.71. The summed E-state index contributed by atoms with van der Waals surface area (Å²) in [6.07, 6.45) is -0.432. The SMILES string of the molecule is CC(C)(C)OC(=O)N1CC(=S)Nc2cc(F)ccc2C1. The van der Waals surface area contributed by atoms with Gasteiger partial charge >= 0.3 is 6.09 Å². The van der Waals surface area contributed by atoms with Gasteiger partial charge in [0.25, 0.3) is 0 Å². The molecule has 0 atom stereocenters. The Kier molecular flexibility index (Phi) is 3.94. The number of nitrogens with one attached hydrogen (secondary N) is 1. The number of hydrogen-bond acceptors (Lipinski definition) is 3. The van der Waals surface area contributed by atoms with E-state index in [1.54, 1.807) is 6.07 Å². The van der Waals surface area contributed by atoms with Gasteiger partial charge in [-0.2, -0.15) is 0 Å². The van der Waals surface area contributed by atoms with Gasteiger partial charge in [0.1, 0.15) is 11.4 Å². The number of benzene rings is 1. The molecule has 1 N–H and O–H groups in total. The number of anilines is 1. The lowest BCUT2D eigenvalue weighted by molar-refractivity contribution is 0.0267. The van der Waals surface area contributed by atoms with E-state index in [-0.39, 0.29) is 12.4 Å². The third kappa shape index (κ3) is 3.66. The highest BCUT2D eigenvalue weighted by molar-refractivity contribution is 7.80. The number of rotatable bonds is 0. The zero-order valence-corrected chi connectivity index (χ0v) is 12.5. The average Bonchev–Trinajstić information content (AvgIpc) is 2.44. The zero-order chi connectivity index (χ0) is 14.9. The van der Waals surface area contributed by atoms with Crippen molar-refractivity contribution in [1.82, 2.24) is 4.90 Å². The minimum Gasteiger partial charge on any atom is -0.444 e. The van der Waals surface area contributed by atoms with Crippen LogP contribution in [0.15, 0.2) is 18.2 Å². The van der Waals surface area contributed by atoms with Crippen molar-refractivity contribution >= 4 is 29.0 Å². The van der Waals surface area contributed by atoms with Gasteiger partial charge in [0.15, 0.2) is 0 Å². The van der Waals surface area contributed by atoms with Gasteiger partial charge in [0.2, 0.25) is 0 Å². The molecular formula is C14H17FN2O2S. The molecule has 0 aliphatic carbocycles. The first-order valence-electron chi connectivity index (χ1n) is 6.31. The highest BCUT2D eigenvalue weighted by Crippen LogP contribution is 2.23. The van der Waals surface area contributed by atoms with Crippen LogP contribution in [-0.2, 0) is 11.3 Å². The Morgan fingerprint density at radius 2 is 2.10 bits per heavy atom. The van der Waals surface area contributed by atoms with Gasteiger partial charge in [0.05, 0.1) is 18.1 Å². The van der Waals surface area contributed by atoms with Crippen molar-refractivity contribution < 1.29 is 13.9 Å². The fourth-order valence-electron chi connectivity index (χ4n) is 1.88. The summed E-state index contributed by atoms with van der Waals surface area (Å²) < 4.78 is 18.6. The molecule has 0 aromatic heterocycles. The number of amides is 1. The van der Waals surface area contributed by atoms with Crippen LogP contribution in [0.1, 0.15) is 26.3 Å². The Labute approximate surface area is 122 Å². The smallest absolute Gasteiger partial charge is 0.410 e. The van der Waals surface area contributed by atoms with E-state index in [2.05, 4.69) is 5.32 Å². The predicted molar refractivity (Wildman–Crippen MR) is 79.3 cm³/mol. The number of carbonyl (C=O) groups is 1. The third-order valence-electron chi connectivity index (χ3n) is 2.69. The minimum absolute atomic E-state index is 0.251. The van der Waals surface area contributed by atoms with Gasteiger partial charge in [-0.15, -0.1) is 0 Å². The van der Waals surface area contributed by atoms with Crippen molar-refractivity contribution in [2.75, 3.05) is 11.9 Å². The summed E-state index contributed by atoms with van der Waals surface area (Å²) >= 11 is 5.17. The van der Waals surface area contributed by atoms with Gasteiger partial charge in [-0.3, -0.25) is 4.90 Å². The lowest BCUT2D eigenvalue weighted by atomic mass is 10.1. The number of hydrogen-bond donors (Lipinski definition) is 1. The number of fused-ring (bicyclic) bond motifs is 1. The molecule has 0 spiro atoms. The largest absolute Gasteiger partial charge is 0.444 e. The quantitative estimate of drug-likeness (QED) is 0.746. The van der Waals surface area contributed by atoms with Crippen LogP contribution in [0.5, 0.6) is 0 Å². The molecule has 0 radical (unpaired) electrons. The first-order chi connectivity index (χ1) is 9.24. The molecule has 2 rings (SSSR count). The van der Waals surface area contributed by atoms with Crippen LogP contribution in [-0.4, -0.2) is 28.1 Å². The van der Waals surface area contributed by atoms with Crippen LogP contribution in [0.4, 0.5) is 14.9 Å². The Hall–Kier alpha value is -1.69. The second-order valence-corrected chi connectivity index (χ2v) is 6.18. The molecule has 0 unspecified atom stereocenters. The number of carbonyl (C=O) groups excluding carboxylic acids is 1. The zero-order valence-electron chi connectivity index (χ0n) is 11.7. The molecule has 0 saturated heterocycles. The van der Waals surface area contributed by atoms with Crippen molar-refractivity contribution in [3.8, 4) is 0 Å². The van der Waals surface area contributed by atoms with E-state index in [4.69, 9.17) is 17.0 Å². The summed E-state index contributed by atoms with van der Waals surface area (Å²) in [7, 11) is 0. The van der Waals surface area contributed by atoms with Crippen molar-refractivity contribution in [2.45, 2.75) is 32.9 Å². The minimum atomic E-state index is -0.565. The van der Waals surface area contributed by atoms with E-state index < -0.39 is 11.7 Å². The van der Waals surface area contributed by atoms with Crippen LogP contribution >= 0.6 is 12.2 Å². The van der Waals surface area contributed by atoms with Crippen LogP contribution in [0, 0.1) is 5.82 Å². The monoisotopic (exact) mass is 296 g/mol. The number of thiocarbonyl (C=S) groups is 1. The topological polar surface area (TPSA) is 41.6 Å². The molecule has 1 heterocycles. The molecule has 108 valence electrons. The Balaban J connectivity index is 2.23. The molecule has 1 aromatic rings. The fraction of sp³-hybridized carbons (Fsp3) is 0.429. The molecule has 1 aliphatic rings. The standard InChI is InChI=1S/C14H17FN2O2S/c1-14(2,3)19-13(18)17-7-9-4-5-10(15)6-11(9)16-12(20)8-17/h4-6H,7-8H2,1-3H3,(H,16,20). The molecule has 0 saturated carbocycles. The van der Waals surface area contributed by atoms with E-state index in [1.807, 2.05) is 20.8 Å². The van der Waals surface area contributed by atoms with Crippen LogP contribution in [0.2, 0.25) is 0 Å². The summed E-state index contributed by atoms with van der Waals surface area (Å²) in [6.45, 7) is 6.01. The molecule has 1 aliphatic heterocycles. The summed E-state index contributed by atoms with van der Waals surface area (Å²) in [5, 5.41) is 2.95.